The van der Waals surface area contributed by atoms with Crippen LogP contribution in [-0.4, -0.2) is 16.1 Å². The Bertz CT molecular complexity index is 1130. The monoisotopic (exact) mass is 465 g/mol. The standard InChI is InChI=1S/C27H28ClNO4/c1-5-6-23(19(4)27(30)31)21-13-18(3)26(24(28)14-21)33-25-12-11-22(15-29-25)32-16-20-9-7-17(2)8-10-20/h7-15H,5-6,16H2,1-4H3,(H,30,31)/b23-19-. The van der Waals surface area contributed by atoms with Crippen molar-refractivity contribution < 1.29 is 19.4 Å². The van der Waals surface area contributed by atoms with Crippen LogP contribution in [0.15, 0.2) is 60.3 Å². The van der Waals surface area contributed by atoms with Crippen LogP contribution in [0.4, 0.5) is 0 Å². The van der Waals surface area contributed by atoms with E-state index in [1.54, 1.807) is 31.3 Å². The molecule has 172 valence electrons. The van der Waals surface area contributed by atoms with Crippen LogP contribution in [-0.2, 0) is 11.4 Å². The van der Waals surface area contributed by atoms with E-state index in [0.29, 0.717) is 41.0 Å². The highest BCUT2D eigenvalue weighted by atomic mass is 35.5. The molecule has 1 heterocycles. The van der Waals surface area contributed by atoms with Crippen LogP contribution in [0, 0.1) is 13.8 Å². The summed E-state index contributed by atoms with van der Waals surface area (Å²) in [6, 6.07) is 15.3. The minimum absolute atomic E-state index is 0.323. The number of ether oxygens (including phenoxy) is 2. The van der Waals surface area contributed by atoms with E-state index in [0.717, 1.165) is 28.7 Å². The number of hydrogen-bond donors (Lipinski definition) is 1. The van der Waals surface area contributed by atoms with Gasteiger partial charge in [0, 0.05) is 11.6 Å². The predicted octanol–water partition coefficient (Wildman–Crippen LogP) is 7.38. The van der Waals surface area contributed by atoms with Gasteiger partial charge in [0.1, 0.15) is 12.4 Å². The number of halogens is 1. The Balaban J connectivity index is 1.74. The number of carboxylic acids is 1. The van der Waals surface area contributed by atoms with Crippen LogP contribution in [0.25, 0.3) is 5.57 Å². The van der Waals surface area contributed by atoms with E-state index in [9.17, 15) is 9.90 Å². The molecule has 0 amide bonds. The quantitative estimate of drug-likeness (QED) is 0.334. The Hall–Kier alpha value is -3.31. The molecular formula is C27H28ClNO4. The summed E-state index contributed by atoms with van der Waals surface area (Å²) in [5.41, 5.74) is 4.97. The molecule has 0 aliphatic heterocycles. The van der Waals surface area contributed by atoms with Crippen LogP contribution in [0.2, 0.25) is 5.02 Å². The first-order valence-electron chi connectivity index (χ1n) is 10.8. The fourth-order valence-corrected chi connectivity index (χ4v) is 3.73. The van der Waals surface area contributed by atoms with Crippen LogP contribution in [0.1, 0.15) is 48.9 Å². The number of allylic oxidation sites excluding steroid dienone is 1. The molecule has 2 aromatic carbocycles. The van der Waals surface area contributed by atoms with Crippen LogP contribution >= 0.6 is 11.6 Å². The van der Waals surface area contributed by atoms with E-state index in [2.05, 4.69) is 17.1 Å². The Labute approximate surface area is 199 Å². The molecule has 0 unspecified atom stereocenters. The third-order valence-electron chi connectivity index (χ3n) is 5.29. The Morgan fingerprint density at radius 2 is 1.82 bits per heavy atom. The fraction of sp³-hybridized carbons (Fsp3) is 0.259. The molecule has 0 aliphatic rings. The average Bonchev–Trinajstić information content (AvgIpc) is 2.79. The van der Waals surface area contributed by atoms with Crippen molar-refractivity contribution in [2.24, 2.45) is 0 Å². The maximum Gasteiger partial charge on any atom is 0.331 e. The molecule has 0 aliphatic carbocycles. The molecule has 0 saturated heterocycles. The summed E-state index contributed by atoms with van der Waals surface area (Å²) in [4.78, 5) is 15.8. The number of aromatic nitrogens is 1. The predicted molar refractivity (Wildman–Crippen MR) is 131 cm³/mol. The highest BCUT2D eigenvalue weighted by Gasteiger charge is 2.16. The molecule has 5 nitrogen and oxygen atoms in total. The summed E-state index contributed by atoms with van der Waals surface area (Å²) in [5, 5.41) is 9.83. The molecule has 0 bridgehead atoms. The van der Waals surface area contributed by atoms with E-state index in [4.69, 9.17) is 21.1 Å². The first-order chi connectivity index (χ1) is 15.8. The second-order valence-electron chi connectivity index (χ2n) is 7.97. The average molecular weight is 466 g/mol. The summed E-state index contributed by atoms with van der Waals surface area (Å²) in [7, 11) is 0. The molecular weight excluding hydrogens is 438 g/mol. The summed E-state index contributed by atoms with van der Waals surface area (Å²) < 4.78 is 11.7. The topological polar surface area (TPSA) is 68.7 Å². The van der Waals surface area contributed by atoms with Crippen molar-refractivity contribution in [3.05, 3.63) is 87.6 Å². The van der Waals surface area contributed by atoms with Crippen molar-refractivity contribution in [1.29, 1.82) is 0 Å². The zero-order chi connectivity index (χ0) is 24.0. The van der Waals surface area contributed by atoms with E-state index < -0.39 is 5.97 Å². The first-order valence-corrected chi connectivity index (χ1v) is 11.2. The lowest BCUT2D eigenvalue weighted by Crippen LogP contribution is -2.02. The lowest BCUT2D eigenvalue weighted by molar-refractivity contribution is -0.132. The third kappa shape index (κ3) is 6.36. The van der Waals surface area contributed by atoms with Crippen molar-refractivity contribution >= 4 is 23.1 Å². The maximum atomic E-state index is 11.5. The minimum Gasteiger partial charge on any atom is -0.487 e. The number of carboxylic acid groups (broad SMARTS) is 1. The van der Waals surface area contributed by atoms with Crippen LogP contribution in [0.3, 0.4) is 0 Å². The van der Waals surface area contributed by atoms with E-state index in [1.807, 2.05) is 39.0 Å². The van der Waals surface area contributed by atoms with Crippen LogP contribution in [0.5, 0.6) is 17.4 Å². The second kappa shape index (κ2) is 11.0. The number of hydrogen-bond acceptors (Lipinski definition) is 4. The number of benzene rings is 2. The number of aryl methyl sites for hydroxylation is 2. The molecule has 3 aromatic rings. The normalized spacial score (nSPS) is 11.7. The number of aliphatic carboxylic acids is 1. The van der Waals surface area contributed by atoms with Crippen molar-refractivity contribution in [1.82, 2.24) is 4.98 Å². The first kappa shape index (κ1) is 24.3. The molecule has 33 heavy (non-hydrogen) atoms. The zero-order valence-corrected chi connectivity index (χ0v) is 20.1. The number of rotatable bonds is 9. The Morgan fingerprint density at radius 3 is 2.39 bits per heavy atom. The van der Waals surface area contributed by atoms with Crippen molar-refractivity contribution in [3.63, 3.8) is 0 Å². The molecule has 0 saturated carbocycles. The van der Waals surface area contributed by atoms with Gasteiger partial charge in [-0.05, 0) is 67.7 Å². The highest BCUT2D eigenvalue weighted by Crippen LogP contribution is 2.37. The Morgan fingerprint density at radius 1 is 1.09 bits per heavy atom. The number of nitrogens with zero attached hydrogens (tertiary/aromatic N) is 1. The largest absolute Gasteiger partial charge is 0.487 e. The SMILES string of the molecule is CCC/C(=C(\C)C(=O)O)c1cc(C)c(Oc2ccc(OCc3ccc(C)cc3)cn2)c(Cl)c1. The molecule has 0 fully saturated rings. The van der Waals surface area contributed by atoms with Crippen molar-refractivity contribution in [2.45, 2.75) is 47.1 Å². The van der Waals surface area contributed by atoms with Gasteiger partial charge in [-0.15, -0.1) is 0 Å². The maximum absolute atomic E-state index is 11.5. The Kier molecular flexibility index (Phi) is 8.12. The summed E-state index contributed by atoms with van der Waals surface area (Å²) in [6.07, 6.45) is 3.09. The molecule has 3 rings (SSSR count). The molecule has 0 radical (unpaired) electrons. The van der Waals surface area contributed by atoms with Gasteiger partial charge in [-0.3, -0.25) is 0 Å². The van der Waals surface area contributed by atoms with Crippen molar-refractivity contribution in [3.8, 4) is 17.4 Å². The van der Waals surface area contributed by atoms with Gasteiger partial charge in [0.05, 0.1) is 11.2 Å². The molecule has 1 aromatic heterocycles. The number of carbonyl (C=O) groups is 1. The van der Waals surface area contributed by atoms with Gasteiger partial charge in [0.2, 0.25) is 5.88 Å². The molecule has 0 spiro atoms. The van der Waals surface area contributed by atoms with E-state index in [-0.39, 0.29) is 0 Å². The third-order valence-corrected chi connectivity index (χ3v) is 5.57. The molecule has 6 heteroatoms. The summed E-state index contributed by atoms with van der Waals surface area (Å²) in [5.74, 6) is 0.590. The highest BCUT2D eigenvalue weighted by molar-refractivity contribution is 6.32. The molecule has 1 N–H and O–H groups in total. The van der Waals surface area contributed by atoms with Gasteiger partial charge < -0.3 is 14.6 Å². The lowest BCUT2D eigenvalue weighted by Gasteiger charge is -2.15. The second-order valence-corrected chi connectivity index (χ2v) is 8.38. The van der Waals surface area contributed by atoms with Gasteiger partial charge in [-0.25, -0.2) is 9.78 Å². The summed E-state index contributed by atoms with van der Waals surface area (Å²) in [6.45, 7) is 8.02. The van der Waals surface area contributed by atoms with Gasteiger partial charge in [0.25, 0.3) is 0 Å². The smallest absolute Gasteiger partial charge is 0.331 e. The zero-order valence-electron chi connectivity index (χ0n) is 19.3. The fourth-order valence-electron chi connectivity index (χ4n) is 3.43. The van der Waals surface area contributed by atoms with Gasteiger partial charge >= 0.3 is 5.97 Å². The van der Waals surface area contributed by atoms with E-state index in [1.165, 1.54) is 5.56 Å². The van der Waals surface area contributed by atoms with Crippen LogP contribution < -0.4 is 9.47 Å². The minimum atomic E-state index is -0.929. The summed E-state index contributed by atoms with van der Waals surface area (Å²) >= 11 is 6.53. The van der Waals surface area contributed by atoms with Gasteiger partial charge in [-0.2, -0.15) is 0 Å². The van der Waals surface area contributed by atoms with Gasteiger partial charge in [-0.1, -0.05) is 54.8 Å². The lowest BCUT2D eigenvalue weighted by atomic mass is 9.95. The molecule has 0 atom stereocenters. The van der Waals surface area contributed by atoms with E-state index >= 15 is 0 Å². The van der Waals surface area contributed by atoms with Gasteiger partial charge in [0.15, 0.2) is 5.75 Å². The van der Waals surface area contributed by atoms with Crippen molar-refractivity contribution in [2.75, 3.05) is 0 Å². The number of pyridine rings is 1.